The first-order chi connectivity index (χ1) is 7.67. The first-order valence-corrected chi connectivity index (χ1v) is 5.19. The zero-order chi connectivity index (χ0) is 12.0. The molecule has 0 radical (unpaired) electrons. The minimum atomic E-state index is -0.244. The lowest BCUT2D eigenvalue weighted by Gasteiger charge is -2.07. The van der Waals surface area contributed by atoms with Crippen molar-refractivity contribution in [3.8, 4) is 11.5 Å². The molecule has 0 amide bonds. The fourth-order valence-corrected chi connectivity index (χ4v) is 1.33. The van der Waals surface area contributed by atoms with E-state index in [0.29, 0.717) is 25.2 Å². The van der Waals surface area contributed by atoms with Crippen LogP contribution in [0.1, 0.15) is 18.9 Å². The number of hydrogen-bond donors (Lipinski definition) is 1. The van der Waals surface area contributed by atoms with Crippen LogP contribution in [0.15, 0.2) is 18.2 Å². The van der Waals surface area contributed by atoms with Crippen molar-refractivity contribution in [2.24, 2.45) is 0 Å². The summed E-state index contributed by atoms with van der Waals surface area (Å²) in [6.07, 6.45) is 0.903. The van der Waals surface area contributed by atoms with Gasteiger partial charge in [0, 0.05) is 6.42 Å². The molecular formula is C12H16O4. The Morgan fingerprint density at radius 1 is 1.44 bits per heavy atom. The number of carbonyl (C=O) groups is 1. The van der Waals surface area contributed by atoms with E-state index in [-0.39, 0.29) is 11.7 Å². The summed E-state index contributed by atoms with van der Waals surface area (Å²) in [6.45, 7) is 2.34. The van der Waals surface area contributed by atoms with Crippen LogP contribution in [0.5, 0.6) is 11.5 Å². The lowest BCUT2D eigenvalue weighted by atomic mass is 10.1. The molecule has 1 rings (SSSR count). The van der Waals surface area contributed by atoms with E-state index in [1.165, 1.54) is 7.11 Å². The van der Waals surface area contributed by atoms with Crippen LogP contribution in [-0.4, -0.2) is 24.8 Å². The van der Waals surface area contributed by atoms with Crippen LogP contribution >= 0.6 is 0 Å². The van der Waals surface area contributed by atoms with Crippen molar-refractivity contribution in [1.82, 2.24) is 0 Å². The number of aromatic hydroxyl groups is 1. The molecule has 0 atom stereocenters. The molecule has 0 bridgehead atoms. The Balaban J connectivity index is 2.67. The van der Waals surface area contributed by atoms with Crippen LogP contribution in [0.3, 0.4) is 0 Å². The number of benzene rings is 1. The summed E-state index contributed by atoms with van der Waals surface area (Å²) in [5.74, 6) is 0.319. The number of phenols is 1. The molecule has 0 aliphatic rings. The minimum Gasteiger partial charge on any atom is -0.504 e. The molecule has 4 heteroatoms. The van der Waals surface area contributed by atoms with Crippen LogP contribution in [0, 0.1) is 0 Å². The number of phenolic OH excluding ortho intramolecular Hbond substituents is 1. The third-order valence-electron chi connectivity index (χ3n) is 2.17. The lowest BCUT2D eigenvalue weighted by Crippen LogP contribution is -2.02. The number of ether oxygens (including phenoxy) is 2. The summed E-state index contributed by atoms with van der Waals surface area (Å²) in [5, 5.41) is 9.47. The van der Waals surface area contributed by atoms with Gasteiger partial charge in [0.15, 0.2) is 11.5 Å². The maximum absolute atomic E-state index is 11.0. The van der Waals surface area contributed by atoms with Gasteiger partial charge in [-0.2, -0.15) is 0 Å². The Kier molecular flexibility index (Phi) is 4.64. The Labute approximate surface area is 94.8 Å². The number of methoxy groups -OCH3 is 1. The molecule has 0 unspecified atom stereocenters. The average molecular weight is 224 g/mol. The summed E-state index contributed by atoms with van der Waals surface area (Å²) in [4.78, 5) is 11.0. The lowest BCUT2D eigenvalue weighted by molar-refractivity contribution is -0.140. The number of hydrogen-bond acceptors (Lipinski definition) is 4. The first-order valence-electron chi connectivity index (χ1n) is 5.19. The highest BCUT2D eigenvalue weighted by Crippen LogP contribution is 2.27. The zero-order valence-electron chi connectivity index (χ0n) is 9.53. The molecule has 88 valence electrons. The predicted molar refractivity (Wildman–Crippen MR) is 59.6 cm³/mol. The van der Waals surface area contributed by atoms with Crippen LogP contribution < -0.4 is 4.74 Å². The molecule has 0 spiro atoms. The van der Waals surface area contributed by atoms with E-state index >= 15 is 0 Å². The predicted octanol–water partition coefficient (Wildman–Crippen LogP) is 1.90. The highest BCUT2D eigenvalue weighted by atomic mass is 16.5. The van der Waals surface area contributed by atoms with Gasteiger partial charge in [-0.3, -0.25) is 4.79 Å². The van der Waals surface area contributed by atoms with E-state index in [4.69, 9.17) is 4.74 Å². The number of esters is 1. The molecule has 1 aromatic rings. The number of carbonyl (C=O) groups excluding carboxylic acids is 1. The molecule has 0 fully saturated rings. The first kappa shape index (κ1) is 12.4. The quantitative estimate of drug-likeness (QED) is 0.776. The van der Waals surface area contributed by atoms with E-state index in [1.807, 2.05) is 6.92 Å². The molecule has 0 aromatic heterocycles. The second-order valence-corrected chi connectivity index (χ2v) is 3.31. The fourth-order valence-electron chi connectivity index (χ4n) is 1.33. The fraction of sp³-hybridized carbons (Fsp3) is 0.417. The van der Waals surface area contributed by atoms with E-state index in [9.17, 15) is 9.90 Å². The topological polar surface area (TPSA) is 55.8 Å². The van der Waals surface area contributed by atoms with Gasteiger partial charge < -0.3 is 14.6 Å². The standard InChI is InChI=1S/C12H16O4/c1-3-16-11-8-9(4-6-10(11)13)5-7-12(14)15-2/h4,6,8,13H,3,5,7H2,1-2H3. The van der Waals surface area contributed by atoms with Gasteiger partial charge in [0.2, 0.25) is 0 Å². The third-order valence-corrected chi connectivity index (χ3v) is 2.17. The van der Waals surface area contributed by atoms with Crippen molar-refractivity contribution in [3.63, 3.8) is 0 Å². The molecule has 16 heavy (non-hydrogen) atoms. The monoisotopic (exact) mass is 224 g/mol. The molecule has 0 heterocycles. The Hall–Kier alpha value is -1.71. The molecule has 1 N–H and O–H groups in total. The van der Waals surface area contributed by atoms with Crippen molar-refractivity contribution in [2.75, 3.05) is 13.7 Å². The zero-order valence-corrected chi connectivity index (χ0v) is 9.53. The van der Waals surface area contributed by atoms with Crippen molar-refractivity contribution in [2.45, 2.75) is 19.8 Å². The molecule has 0 aliphatic heterocycles. The van der Waals surface area contributed by atoms with Crippen LogP contribution in [-0.2, 0) is 16.0 Å². The molecule has 4 nitrogen and oxygen atoms in total. The third kappa shape index (κ3) is 3.46. The van der Waals surface area contributed by atoms with Crippen molar-refractivity contribution < 1.29 is 19.4 Å². The van der Waals surface area contributed by atoms with E-state index in [1.54, 1.807) is 18.2 Å². The summed E-state index contributed by atoms with van der Waals surface area (Å²) in [6, 6.07) is 5.07. The van der Waals surface area contributed by atoms with Crippen molar-refractivity contribution in [1.29, 1.82) is 0 Å². The maximum atomic E-state index is 11.0. The minimum absolute atomic E-state index is 0.115. The Morgan fingerprint density at radius 3 is 2.81 bits per heavy atom. The van der Waals surface area contributed by atoms with Crippen LogP contribution in [0.2, 0.25) is 0 Å². The van der Waals surface area contributed by atoms with Gasteiger partial charge in [-0.15, -0.1) is 0 Å². The van der Waals surface area contributed by atoms with Gasteiger partial charge in [-0.25, -0.2) is 0 Å². The Morgan fingerprint density at radius 2 is 2.19 bits per heavy atom. The normalized spacial score (nSPS) is 9.88. The van der Waals surface area contributed by atoms with E-state index in [0.717, 1.165) is 5.56 Å². The van der Waals surface area contributed by atoms with Gasteiger partial charge >= 0.3 is 5.97 Å². The second kappa shape index (κ2) is 6.00. The summed E-state index contributed by atoms with van der Waals surface area (Å²) in [7, 11) is 1.37. The smallest absolute Gasteiger partial charge is 0.305 e. The highest BCUT2D eigenvalue weighted by molar-refractivity contribution is 5.69. The maximum Gasteiger partial charge on any atom is 0.305 e. The molecule has 0 saturated carbocycles. The van der Waals surface area contributed by atoms with Gasteiger partial charge in [0.25, 0.3) is 0 Å². The van der Waals surface area contributed by atoms with Crippen molar-refractivity contribution in [3.05, 3.63) is 23.8 Å². The van der Waals surface area contributed by atoms with Gasteiger partial charge in [0.05, 0.1) is 13.7 Å². The summed E-state index contributed by atoms with van der Waals surface area (Å²) < 4.78 is 9.80. The van der Waals surface area contributed by atoms with Gasteiger partial charge in [0.1, 0.15) is 0 Å². The summed E-state index contributed by atoms with van der Waals surface area (Å²) >= 11 is 0. The number of aryl methyl sites for hydroxylation is 1. The highest BCUT2D eigenvalue weighted by Gasteiger charge is 2.05. The average Bonchev–Trinajstić information content (AvgIpc) is 2.30. The Bertz CT molecular complexity index is 360. The van der Waals surface area contributed by atoms with Crippen LogP contribution in [0.4, 0.5) is 0 Å². The van der Waals surface area contributed by atoms with Gasteiger partial charge in [-0.1, -0.05) is 6.07 Å². The van der Waals surface area contributed by atoms with Crippen molar-refractivity contribution >= 4 is 5.97 Å². The van der Waals surface area contributed by atoms with Gasteiger partial charge in [-0.05, 0) is 31.0 Å². The SMILES string of the molecule is CCOc1cc(CCC(=O)OC)ccc1O. The summed E-state index contributed by atoms with van der Waals surface area (Å²) in [5.41, 5.74) is 0.937. The molecule has 1 aromatic carbocycles. The molecular weight excluding hydrogens is 208 g/mol. The van der Waals surface area contributed by atoms with E-state index in [2.05, 4.69) is 4.74 Å². The number of rotatable bonds is 5. The molecule has 0 saturated heterocycles. The molecule has 0 aliphatic carbocycles. The second-order valence-electron chi connectivity index (χ2n) is 3.31. The van der Waals surface area contributed by atoms with Crippen LogP contribution in [0.25, 0.3) is 0 Å². The van der Waals surface area contributed by atoms with E-state index < -0.39 is 0 Å². The largest absolute Gasteiger partial charge is 0.504 e.